The Labute approximate surface area is 128 Å². The van der Waals surface area contributed by atoms with Crippen LogP contribution in [0.15, 0.2) is 24.3 Å². The van der Waals surface area contributed by atoms with Crippen LogP contribution >= 0.6 is 12.4 Å². The lowest BCUT2D eigenvalue weighted by atomic mass is 9.92. The van der Waals surface area contributed by atoms with Gasteiger partial charge in [0.15, 0.2) is 0 Å². The predicted octanol–water partition coefficient (Wildman–Crippen LogP) is 3.03. The van der Waals surface area contributed by atoms with Crippen LogP contribution in [0.2, 0.25) is 0 Å². The van der Waals surface area contributed by atoms with Crippen LogP contribution in [0, 0.1) is 6.92 Å². The third-order valence-electron chi connectivity index (χ3n) is 3.35. The Kier molecular flexibility index (Phi) is 10.1. The molecule has 0 fully saturated rings. The van der Waals surface area contributed by atoms with E-state index in [4.69, 9.17) is 0 Å². The molecule has 0 spiro atoms. The molecule has 1 atom stereocenters. The van der Waals surface area contributed by atoms with Crippen LogP contribution in [-0.2, 0) is 4.79 Å². The van der Waals surface area contributed by atoms with Crippen molar-refractivity contribution in [1.82, 2.24) is 10.6 Å². The third kappa shape index (κ3) is 6.92. The van der Waals surface area contributed by atoms with E-state index in [1.165, 1.54) is 11.1 Å². The molecule has 0 aliphatic heterocycles. The molecule has 1 aromatic rings. The van der Waals surface area contributed by atoms with E-state index in [9.17, 15) is 4.79 Å². The number of halogens is 1. The van der Waals surface area contributed by atoms with Crippen LogP contribution in [0.3, 0.4) is 0 Å². The molecule has 114 valence electrons. The molecule has 1 unspecified atom stereocenters. The Bertz CT molecular complexity index is 379. The van der Waals surface area contributed by atoms with Crippen LogP contribution in [0.4, 0.5) is 0 Å². The Balaban J connectivity index is 0.00000361. The van der Waals surface area contributed by atoms with E-state index in [-0.39, 0.29) is 18.3 Å². The highest BCUT2D eigenvalue weighted by molar-refractivity contribution is 5.85. The van der Waals surface area contributed by atoms with Crippen molar-refractivity contribution >= 4 is 18.3 Å². The van der Waals surface area contributed by atoms with Crippen LogP contribution in [-0.4, -0.2) is 25.5 Å². The molecule has 1 aromatic carbocycles. The molecular formula is C16H27ClN2O. The number of likely N-dealkylation sites (N-methyl/N-ethyl adjacent to an activating group) is 1. The molecule has 0 heterocycles. The highest BCUT2D eigenvalue weighted by Crippen LogP contribution is 2.23. The van der Waals surface area contributed by atoms with Gasteiger partial charge in [0.1, 0.15) is 0 Å². The Morgan fingerprint density at radius 1 is 1.15 bits per heavy atom. The summed E-state index contributed by atoms with van der Waals surface area (Å²) in [6.45, 7) is 8.76. The molecule has 0 radical (unpaired) electrons. The van der Waals surface area contributed by atoms with Crippen molar-refractivity contribution in [1.29, 1.82) is 0 Å². The van der Waals surface area contributed by atoms with E-state index in [0.717, 1.165) is 19.5 Å². The summed E-state index contributed by atoms with van der Waals surface area (Å²) >= 11 is 0. The van der Waals surface area contributed by atoms with Gasteiger partial charge >= 0.3 is 0 Å². The molecule has 3 nitrogen and oxygen atoms in total. The number of hydrogen-bond donors (Lipinski definition) is 2. The van der Waals surface area contributed by atoms with E-state index in [0.29, 0.717) is 18.9 Å². The highest BCUT2D eigenvalue weighted by atomic mass is 35.5. The number of rotatable bonds is 8. The summed E-state index contributed by atoms with van der Waals surface area (Å²) in [6, 6.07) is 8.49. The maximum Gasteiger partial charge on any atom is 0.220 e. The summed E-state index contributed by atoms with van der Waals surface area (Å²) in [6.07, 6.45) is 1.56. The maximum atomic E-state index is 11.9. The fourth-order valence-electron chi connectivity index (χ4n) is 2.10. The number of benzene rings is 1. The van der Waals surface area contributed by atoms with Gasteiger partial charge in [-0.1, -0.05) is 43.7 Å². The van der Waals surface area contributed by atoms with Crippen LogP contribution in [0.1, 0.15) is 43.7 Å². The highest BCUT2D eigenvalue weighted by Gasteiger charge is 2.13. The van der Waals surface area contributed by atoms with Crippen LogP contribution < -0.4 is 10.6 Å². The molecule has 0 bridgehead atoms. The third-order valence-corrected chi connectivity index (χ3v) is 3.35. The fraction of sp³-hybridized carbons (Fsp3) is 0.562. The first-order chi connectivity index (χ1) is 9.17. The zero-order valence-corrected chi connectivity index (χ0v) is 13.6. The molecule has 0 aliphatic carbocycles. The summed E-state index contributed by atoms with van der Waals surface area (Å²) in [7, 11) is 0. The first kappa shape index (κ1) is 18.9. The minimum atomic E-state index is 0. The second-order valence-corrected chi connectivity index (χ2v) is 4.92. The molecule has 1 amide bonds. The number of hydrogen-bond acceptors (Lipinski definition) is 2. The van der Waals surface area contributed by atoms with Crippen molar-refractivity contribution < 1.29 is 4.79 Å². The first-order valence-corrected chi connectivity index (χ1v) is 7.21. The summed E-state index contributed by atoms with van der Waals surface area (Å²) in [5.74, 6) is 0.463. The molecule has 0 saturated carbocycles. The number of amides is 1. The lowest BCUT2D eigenvalue weighted by molar-refractivity contribution is -0.121. The van der Waals surface area contributed by atoms with Crippen LogP contribution in [0.25, 0.3) is 0 Å². The lowest BCUT2D eigenvalue weighted by Crippen LogP contribution is -2.32. The van der Waals surface area contributed by atoms with E-state index in [1.807, 2.05) is 0 Å². The molecule has 0 aromatic heterocycles. The second kappa shape index (κ2) is 10.7. The quantitative estimate of drug-likeness (QED) is 0.724. The minimum Gasteiger partial charge on any atom is -0.355 e. The van der Waals surface area contributed by atoms with Gasteiger partial charge in [-0.15, -0.1) is 12.4 Å². The Morgan fingerprint density at radius 3 is 2.35 bits per heavy atom. The predicted molar refractivity (Wildman–Crippen MR) is 87.6 cm³/mol. The second-order valence-electron chi connectivity index (χ2n) is 4.92. The average molecular weight is 299 g/mol. The van der Waals surface area contributed by atoms with Gasteiger partial charge in [-0.25, -0.2) is 0 Å². The molecule has 0 aliphatic rings. The SMILES string of the molecule is CCNCCNC(=O)CC(CC)c1ccc(C)cc1.Cl. The standard InChI is InChI=1S/C16H26N2O.ClH/c1-4-14(15-8-6-13(3)7-9-15)12-16(19)18-11-10-17-5-2;/h6-9,14,17H,4-5,10-12H2,1-3H3,(H,18,19);1H. The topological polar surface area (TPSA) is 41.1 Å². The minimum absolute atomic E-state index is 0. The van der Waals surface area contributed by atoms with Gasteiger partial charge in [-0.05, 0) is 31.4 Å². The molecule has 20 heavy (non-hydrogen) atoms. The monoisotopic (exact) mass is 298 g/mol. The molecule has 1 rings (SSSR count). The average Bonchev–Trinajstić information content (AvgIpc) is 2.42. The van der Waals surface area contributed by atoms with E-state index >= 15 is 0 Å². The van der Waals surface area contributed by atoms with Crippen molar-refractivity contribution in [3.63, 3.8) is 0 Å². The Hall–Kier alpha value is -1.06. The maximum absolute atomic E-state index is 11.9. The van der Waals surface area contributed by atoms with Gasteiger partial charge in [0, 0.05) is 19.5 Å². The molecule has 0 saturated heterocycles. The van der Waals surface area contributed by atoms with Crippen molar-refractivity contribution in [2.24, 2.45) is 0 Å². The zero-order chi connectivity index (χ0) is 14.1. The van der Waals surface area contributed by atoms with Gasteiger partial charge in [-0.3, -0.25) is 4.79 Å². The number of nitrogens with one attached hydrogen (secondary N) is 2. The van der Waals surface area contributed by atoms with Gasteiger partial charge in [0.05, 0.1) is 0 Å². The summed E-state index contributed by atoms with van der Waals surface area (Å²) in [5.41, 5.74) is 2.52. The largest absolute Gasteiger partial charge is 0.355 e. The van der Waals surface area contributed by atoms with E-state index in [2.05, 4.69) is 55.7 Å². The summed E-state index contributed by atoms with van der Waals surface area (Å²) in [4.78, 5) is 11.9. The smallest absolute Gasteiger partial charge is 0.220 e. The first-order valence-electron chi connectivity index (χ1n) is 7.21. The molecule has 4 heteroatoms. The number of aryl methyl sites for hydroxylation is 1. The van der Waals surface area contributed by atoms with E-state index < -0.39 is 0 Å². The molecular weight excluding hydrogens is 272 g/mol. The van der Waals surface area contributed by atoms with E-state index in [1.54, 1.807) is 0 Å². The zero-order valence-electron chi connectivity index (χ0n) is 12.7. The van der Waals surface area contributed by atoms with Gasteiger partial charge in [-0.2, -0.15) is 0 Å². The van der Waals surface area contributed by atoms with Gasteiger partial charge in [0.25, 0.3) is 0 Å². The Morgan fingerprint density at radius 2 is 1.80 bits per heavy atom. The van der Waals surface area contributed by atoms with Crippen molar-refractivity contribution in [3.8, 4) is 0 Å². The van der Waals surface area contributed by atoms with Crippen molar-refractivity contribution in [2.45, 2.75) is 39.5 Å². The normalized spacial score (nSPS) is 11.6. The summed E-state index contributed by atoms with van der Waals surface area (Å²) in [5, 5.41) is 6.16. The molecule has 2 N–H and O–H groups in total. The van der Waals surface area contributed by atoms with Crippen LogP contribution in [0.5, 0.6) is 0 Å². The fourth-order valence-corrected chi connectivity index (χ4v) is 2.10. The lowest BCUT2D eigenvalue weighted by Gasteiger charge is -2.15. The summed E-state index contributed by atoms with van der Waals surface area (Å²) < 4.78 is 0. The van der Waals surface area contributed by atoms with Gasteiger partial charge < -0.3 is 10.6 Å². The van der Waals surface area contributed by atoms with Crippen molar-refractivity contribution in [2.75, 3.05) is 19.6 Å². The number of carbonyl (C=O) groups excluding carboxylic acids is 1. The number of carbonyl (C=O) groups is 1. The van der Waals surface area contributed by atoms with Crippen molar-refractivity contribution in [3.05, 3.63) is 35.4 Å². The van der Waals surface area contributed by atoms with Gasteiger partial charge in [0.2, 0.25) is 5.91 Å².